The molecule has 1 amide bonds. The van der Waals surface area contributed by atoms with E-state index in [1.54, 1.807) is 48.5 Å². The summed E-state index contributed by atoms with van der Waals surface area (Å²) in [6.07, 6.45) is 0. The minimum atomic E-state index is -0.399. The van der Waals surface area contributed by atoms with E-state index in [1.807, 2.05) is 23.6 Å². The molecule has 0 spiro atoms. The molecular weight excluding hydrogens is 425 g/mol. The number of anilines is 1. The van der Waals surface area contributed by atoms with E-state index in [4.69, 9.17) is 0 Å². The van der Waals surface area contributed by atoms with Gasteiger partial charge in [0.25, 0.3) is 5.91 Å². The lowest BCUT2D eigenvalue weighted by atomic mass is 10.1. The molecule has 0 bridgehead atoms. The molecule has 0 saturated carbocycles. The number of pyridine rings is 1. The second-order valence-corrected chi connectivity index (χ2v) is 7.97. The van der Waals surface area contributed by atoms with Crippen LogP contribution in [0, 0.1) is 5.82 Å². The average molecular weight is 441 g/mol. The number of carbonyl (C=O) groups is 1. The van der Waals surface area contributed by atoms with Gasteiger partial charge in [-0.1, -0.05) is 48.5 Å². The van der Waals surface area contributed by atoms with Crippen molar-refractivity contribution >= 4 is 33.8 Å². The van der Waals surface area contributed by atoms with Gasteiger partial charge in [0.05, 0.1) is 16.9 Å². The summed E-state index contributed by atoms with van der Waals surface area (Å²) in [5, 5.41) is 5.94. The first-order chi connectivity index (χ1) is 15.6. The highest BCUT2D eigenvalue weighted by Crippen LogP contribution is 2.34. The van der Waals surface area contributed by atoms with Crippen molar-refractivity contribution in [3.05, 3.63) is 106 Å². The number of H-pyrrole nitrogens is 1. The van der Waals surface area contributed by atoms with Crippen molar-refractivity contribution < 1.29 is 9.18 Å². The third kappa shape index (κ3) is 3.70. The van der Waals surface area contributed by atoms with Crippen LogP contribution in [0.15, 0.2) is 89.0 Å². The Morgan fingerprint density at radius 1 is 0.938 bits per heavy atom. The van der Waals surface area contributed by atoms with Crippen LogP contribution in [0.5, 0.6) is 0 Å². The molecule has 2 heterocycles. The Balaban J connectivity index is 1.51. The maximum absolute atomic E-state index is 14.2. The number of hydrogen-bond acceptors (Lipinski definition) is 4. The van der Waals surface area contributed by atoms with Crippen LogP contribution in [0.25, 0.3) is 32.7 Å². The van der Waals surface area contributed by atoms with E-state index in [-0.39, 0.29) is 16.9 Å². The summed E-state index contributed by atoms with van der Waals surface area (Å²) in [6.45, 7) is 0. The van der Waals surface area contributed by atoms with Crippen LogP contribution in [0.3, 0.4) is 0 Å². The molecular formula is C25H16FN3O2S. The number of aromatic amines is 1. The zero-order valence-electron chi connectivity index (χ0n) is 16.6. The number of benzene rings is 3. The van der Waals surface area contributed by atoms with Crippen molar-refractivity contribution in [3.8, 4) is 21.8 Å². The van der Waals surface area contributed by atoms with E-state index in [2.05, 4.69) is 15.3 Å². The van der Waals surface area contributed by atoms with Crippen LogP contribution < -0.4 is 10.9 Å². The van der Waals surface area contributed by atoms with Gasteiger partial charge in [-0.3, -0.25) is 9.59 Å². The zero-order valence-corrected chi connectivity index (χ0v) is 17.4. The molecule has 0 unspecified atom stereocenters. The highest BCUT2D eigenvalue weighted by atomic mass is 32.1. The first kappa shape index (κ1) is 19.8. The summed E-state index contributed by atoms with van der Waals surface area (Å²) in [5.41, 5.74) is 2.83. The van der Waals surface area contributed by atoms with Crippen molar-refractivity contribution in [2.45, 2.75) is 0 Å². The number of nitrogens with zero attached hydrogens (tertiary/aromatic N) is 1. The molecule has 156 valence electrons. The van der Waals surface area contributed by atoms with Crippen molar-refractivity contribution in [2.24, 2.45) is 0 Å². The lowest BCUT2D eigenvalue weighted by Gasteiger charge is -2.11. The standard InChI is InChI=1S/C25H16FN3O2S/c26-19-10-4-1-8-16(19)25-29-22(14-32-25)17-9-3-6-12-21(17)28-24(31)18-13-23(30)27-20-11-5-2-7-15(18)20/h1-14H,(H,27,30)(H,28,31). The molecule has 0 saturated heterocycles. The maximum atomic E-state index is 14.2. The molecule has 0 fully saturated rings. The molecule has 2 aromatic heterocycles. The molecule has 3 aromatic carbocycles. The number of nitrogens with one attached hydrogen (secondary N) is 2. The van der Waals surface area contributed by atoms with E-state index in [0.717, 1.165) is 0 Å². The number of hydrogen-bond donors (Lipinski definition) is 2. The monoisotopic (exact) mass is 441 g/mol. The Bertz CT molecular complexity index is 1520. The first-order valence-corrected chi connectivity index (χ1v) is 10.7. The topological polar surface area (TPSA) is 74.8 Å². The van der Waals surface area contributed by atoms with Gasteiger partial charge in [0.15, 0.2) is 0 Å². The van der Waals surface area contributed by atoms with Gasteiger partial charge in [-0.15, -0.1) is 11.3 Å². The van der Waals surface area contributed by atoms with E-state index >= 15 is 0 Å². The number of carbonyl (C=O) groups excluding carboxylic acids is 1. The van der Waals surface area contributed by atoms with Gasteiger partial charge in [-0.2, -0.15) is 0 Å². The fourth-order valence-electron chi connectivity index (χ4n) is 3.55. The van der Waals surface area contributed by atoms with E-state index in [9.17, 15) is 14.0 Å². The molecule has 5 nitrogen and oxygen atoms in total. The summed E-state index contributed by atoms with van der Waals surface area (Å²) in [5.74, 6) is -0.736. The zero-order chi connectivity index (χ0) is 22.1. The minimum Gasteiger partial charge on any atom is -0.322 e. The minimum absolute atomic E-state index is 0.282. The fraction of sp³-hybridized carbons (Fsp3) is 0. The number of fused-ring (bicyclic) bond motifs is 1. The summed E-state index contributed by atoms with van der Waals surface area (Å²) in [4.78, 5) is 32.5. The summed E-state index contributed by atoms with van der Waals surface area (Å²) >= 11 is 1.33. The van der Waals surface area contributed by atoms with Crippen LogP contribution in [-0.4, -0.2) is 15.9 Å². The summed E-state index contributed by atoms with van der Waals surface area (Å²) in [6, 6.07) is 22.2. The summed E-state index contributed by atoms with van der Waals surface area (Å²) in [7, 11) is 0. The molecule has 32 heavy (non-hydrogen) atoms. The molecule has 5 aromatic rings. The quantitative estimate of drug-likeness (QED) is 0.375. The number of halogens is 1. The Labute approximate surface area is 186 Å². The summed E-state index contributed by atoms with van der Waals surface area (Å²) < 4.78 is 14.2. The van der Waals surface area contributed by atoms with E-state index < -0.39 is 5.91 Å². The largest absolute Gasteiger partial charge is 0.322 e. The van der Waals surface area contributed by atoms with Gasteiger partial charge in [-0.25, -0.2) is 9.37 Å². The van der Waals surface area contributed by atoms with Crippen molar-refractivity contribution in [2.75, 3.05) is 5.32 Å². The van der Waals surface area contributed by atoms with Gasteiger partial charge in [0.1, 0.15) is 10.8 Å². The maximum Gasteiger partial charge on any atom is 0.256 e. The molecule has 0 atom stereocenters. The molecule has 0 aliphatic carbocycles. The van der Waals surface area contributed by atoms with Crippen LogP contribution in [-0.2, 0) is 0 Å². The normalized spacial score (nSPS) is 10.9. The van der Waals surface area contributed by atoms with E-state index in [0.29, 0.717) is 38.4 Å². The predicted molar refractivity (Wildman–Crippen MR) is 125 cm³/mol. The predicted octanol–water partition coefficient (Wildman–Crippen LogP) is 5.71. The number of amides is 1. The van der Waals surface area contributed by atoms with Gasteiger partial charge < -0.3 is 10.3 Å². The van der Waals surface area contributed by atoms with Crippen LogP contribution in [0.4, 0.5) is 10.1 Å². The molecule has 0 aliphatic rings. The fourth-order valence-corrected chi connectivity index (χ4v) is 4.40. The highest BCUT2D eigenvalue weighted by molar-refractivity contribution is 7.13. The Morgan fingerprint density at radius 3 is 2.50 bits per heavy atom. The van der Waals surface area contributed by atoms with E-state index in [1.165, 1.54) is 23.5 Å². The van der Waals surface area contributed by atoms with Gasteiger partial charge in [0.2, 0.25) is 5.56 Å². The third-order valence-corrected chi connectivity index (χ3v) is 5.93. The molecule has 0 radical (unpaired) electrons. The van der Waals surface area contributed by atoms with Gasteiger partial charge in [-0.05, 0) is 24.3 Å². The smallest absolute Gasteiger partial charge is 0.256 e. The molecule has 2 N–H and O–H groups in total. The molecule has 7 heteroatoms. The lowest BCUT2D eigenvalue weighted by Crippen LogP contribution is -2.17. The highest BCUT2D eigenvalue weighted by Gasteiger charge is 2.16. The Morgan fingerprint density at radius 2 is 1.66 bits per heavy atom. The van der Waals surface area contributed by atoms with Crippen LogP contribution in [0.2, 0.25) is 0 Å². The number of para-hydroxylation sites is 2. The van der Waals surface area contributed by atoms with Crippen LogP contribution in [0.1, 0.15) is 10.4 Å². The second kappa shape index (κ2) is 8.20. The van der Waals surface area contributed by atoms with Crippen molar-refractivity contribution in [1.82, 2.24) is 9.97 Å². The molecule has 0 aliphatic heterocycles. The number of thiazole rings is 1. The van der Waals surface area contributed by atoms with Crippen molar-refractivity contribution in [3.63, 3.8) is 0 Å². The SMILES string of the molecule is O=C(Nc1ccccc1-c1csc(-c2ccccc2F)n1)c1cc(=O)[nH]c2ccccc12. The number of aromatic nitrogens is 2. The van der Waals surface area contributed by atoms with Crippen molar-refractivity contribution in [1.29, 1.82) is 0 Å². The van der Waals surface area contributed by atoms with Gasteiger partial charge in [0, 0.05) is 33.5 Å². The Hall–Kier alpha value is -4.10. The lowest BCUT2D eigenvalue weighted by molar-refractivity contribution is 0.102. The second-order valence-electron chi connectivity index (χ2n) is 7.11. The average Bonchev–Trinajstić information content (AvgIpc) is 3.29. The number of rotatable bonds is 4. The Kier molecular flexibility index (Phi) is 5.09. The molecule has 5 rings (SSSR count). The first-order valence-electron chi connectivity index (χ1n) is 9.83. The van der Waals surface area contributed by atoms with Gasteiger partial charge >= 0.3 is 0 Å². The van der Waals surface area contributed by atoms with Crippen LogP contribution >= 0.6 is 11.3 Å². The third-order valence-electron chi connectivity index (χ3n) is 5.05.